The smallest absolute Gasteiger partial charge is 0.0374 e. The van der Waals surface area contributed by atoms with E-state index in [0.29, 0.717) is 6.04 Å². The molecule has 0 amide bonds. The third-order valence-corrected chi connectivity index (χ3v) is 2.90. The highest BCUT2D eigenvalue weighted by Gasteiger charge is 2.01. The highest BCUT2D eigenvalue weighted by atomic mass is 79.9. The minimum atomic E-state index is 0.306. The number of hydrogen-bond donors (Lipinski definition) is 1. The molecule has 0 aliphatic heterocycles. The van der Waals surface area contributed by atoms with Crippen molar-refractivity contribution >= 4 is 21.6 Å². The Morgan fingerprint density at radius 3 is 2.80 bits per heavy atom. The minimum absolute atomic E-state index is 0.306. The van der Waals surface area contributed by atoms with Gasteiger partial charge in [0.05, 0.1) is 0 Å². The number of halogens is 1. The van der Waals surface area contributed by atoms with Crippen LogP contribution in [0.3, 0.4) is 0 Å². The van der Waals surface area contributed by atoms with Crippen LogP contribution in [-0.4, -0.2) is 19.6 Å². The van der Waals surface area contributed by atoms with E-state index in [1.54, 1.807) is 0 Å². The van der Waals surface area contributed by atoms with E-state index in [1.807, 2.05) is 6.07 Å². The topological polar surface area (TPSA) is 29.3 Å². The van der Waals surface area contributed by atoms with E-state index in [-0.39, 0.29) is 0 Å². The van der Waals surface area contributed by atoms with Gasteiger partial charge < -0.3 is 10.6 Å². The van der Waals surface area contributed by atoms with Crippen LogP contribution in [-0.2, 0) is 0 Å². The summed E-state index contributed by atoms with van der Waals surface area (Å²) in [7, 11) is 2.11. The molecular formula is C12H19BrN2. The van der Waals surface area contributed by atoms with Gasteiger partial charge in [0, 0.05) is 29.8 Å². The monoisotopic (exact) mass is 270 g/mol. The van der Waals surface area contributed by atoms with Crippen LogP contribution in [0.1, 0.15) is 19.8 Å². The Morgan fingerprint density at radius 2 is 2.20 bits per heavy atom. The normalized spacial score (nSPS) is 12.5. The molecule has 0 saturated heterocycles. The second-order valence-electron chi connectivity index (χ2n) is 4.02. The van der Waals surface area contributed by atoms with E-state index >= 15 is 0 Å². The molecule has 1 rings (SSSR count). The first kappa shape index (κ1) is 12.5. The molecule has 1 aromatic carbocycles. The second kappa shape index (κ2) is 6.13. The summed E-state index contributed by atoms with van der Waals surface area (Å²) < 4.78 is 1.12. The predicted molar refractivity (Wildman–Crippen MR) is 70.3 cm³/mol. The van der Waals surface area contributed by atoms with Gasteiger partial charge in [-0.15, -0.1) is 0 Å². The average Bonchev–Trinajstić information content (AvgIpc) is 2.17. The van der Waals surface area contributed by atoms with Gasteiger partial charge in [-0.25, -0.2) is 0 Å². The Labute approximate surface area is 101 Å². The SMILES string of the molecule is CC(N)CCCN(C)c1cccc(Br)c1. The molecule has 0 aliphatic carbocycles. The van der Waals surface area contributed by atoms with E-state index < -0.39 is 0 Å². The molecule has 2 N–H and O–H groups in total. The fraction of sp³-hybridized carbons (Fsp3) is 0.500. The van der Waals surface area contributed by atoms with Crippen molar-refractivity contribution in [1.82, 2.24) is 0 Å². The molecular weight excluding hydrogens is 252 g/mol. The van der Waals surface area contributed by atoms with Crippen LogP contribution in [0.25, 0.3) is 0 Å². The largest absolute Gasteiger partial charge is 0.375 e. The van der Waals surface area contributed by atoms with Gasteiger partial charge in [0.25, 0.3) is 0 Å². The standard InChI is InChI=1S/C12H19BrN2/c1-10(14)5-4-8-15(2)12-7-3-6-11(13)9-12/h3,6-7,9-10H,4-5,8,14H2,1-2H3. The summed E-state index contributed by atoms with van der Waals surface area (Å²) in [5.74, 6) is 0. The molecule has 0 heterocycles. The molecule has 0 radical (unpaired) electrons. The van der Waals surface area contributed by atoms with Crippen molar-refractivity contribution in [2.45, 2.75) is 25.8 Å². The number of benzene rings is 1. The fourth-order valence-corrected chi connectivity index (χ4v) is 1.88. The number of anilines is 1. The molecule has 2 nitrogen and oxygen atoms in total. The van der Waals surface area contributed by atoms with Gasteiger partial charge in [0.2, 0.25) is 0 Å². The zero-order valence-electron chi connectivity index (χ0n) is 9.41. The van der Waals surface area contributed by atoms with E-state index in [4.69, 9.17) is 5.73 Å². The van der Waals surface area contributed by atoms with Crippen molar-refractivity contribution in [2.24, 2.45) is 5.73 Å². The van der Waals surface area contributed by atoms with Crippen LogP contribution in [0.4, 0.5) is 5.69 Å². The zero-order valence-corrected chi connectivity index (χ0v) is 11.0. The first-order valence-corrected chi connectivity index (χ1v) is 6.11. The maximum atomic E-state index is 5.72. The number of nitrogens with two attached hydrogens (primary N) is 1. The lowest BCUT2D eigenvalue weighted by Gasteiger charge is -2.19. The fourth-order valence-electron chi connectivity index (χ4n) is 1.49. The van der Waals surface area contributed by atoms with Crippen LogP contribution >= 0.6 is 15.9 Å². The van der Waals surface area contributed by atoms with Gasteiger partial charge in [-0.2, -0.15) is 0 Å². The summed E-state index contributed by atoms with van der Waals surface area (Å²) in [6, 6.07) is 8.66. The van der Waals surface area contributed by atoms with Crippen LogP contribution in [0, 0.1) is 0 Å². The third-order valence-electron chi connectivity index (χ3n) is 2.40. The first-order chi connectivity index (χ1) is 7.09. The minimum Gasteiger partial charge on any atom is -0.375 e. The van der Waals surface area contributed by atoms with E-state index in [2.05, 4.69) is 53.0 Å². The molecule has 15 heavy (non-hydrogen) atoms. The Kier molecular flexibility index (Phi) is 5.12. The van der Waals surface area contributed by atoms with Gasteiger partial charge >= 0.3 is 0 Å². The molecule has 0 aliphatic rings. The van der Waals surface area contributed by atoms with Crippen LogP contribution in [0.2, 0.25) is 0 Å². The summed E-state index contributed by atoms with van der Waals surface area (Å²) in [5, 5.41) is 0. The van der Waals surface area contributed by atoms with Crippen molar-refractivity contribution in [3.05, 3.63) is 28.7 Å². The Bertz CT molecular complexity index is 299. The summed E-state index contributed by atoms with van der Waals surface area (Å²) in [6.07, 6.45) is 2.22. The maximum Gasteiger partial charge on any atom is 0.0374 e. The lowest BCUT2D eigenvalue weighted by Crippen LogP contribution is -2.21. The van der Waals surface area contributed by atoms with Gasteiger partial charge in [-0.1, -0.05) is 22.0 Å². The summed E-state index contributed by atoms with van der Waals surface area (Å²) in [5.41, 5.74) is 6.96. The zero-order chi connectivity index (χ0) is 11.3. The Morgan fingerprint density at radius 1 is 1.47 bits per heavy atom. The quantitative estimate of drug-likeness (QED) is 0.892. The van der Waals surface area contributed by atoms with Crippen LogP contribution in [0.5, 0.6) is 0 Å². The van der Waals surface area contributed by atoms with Crippen molar-refractivity contribution in [1.29, 1.82) is 0 Å². The second-order valence-corrected chi connectivity index (χ2v) is 4.94. The van der Waals surface area contributed by atoms with E-state index in [0.717, 1.165) is 23.9 Å². The molecule has 0 aromatic heterocycles. The molecule has 84 valence electrons. The maximum absolute atomic E-state index is 5.72. The predicted octanol–water partition coefficient (Wildman–Crippen LogP) is 3.01. The number of hydrogen-bond acceptors (Lipinski definition) is 2. The van der Waals surface area contributed by atoms with Crippen molar-refractivity contribution in [3.63, 3.8) is 0 Å². The summed E-state index contributed by atoms with van der Waals surface area (Å²) in [4.78, 5) is 2.26. The van der Waals surface area contributed by atoms with Gasteiger partial charge in [0.1, 0.15) is 0 Å². The molecule has 1 aromatic rings. The van der Waals surface area contributed by atoms with E-state index in [1.165, 1.54) is 5.69 Å². The summed E-state index contributed by atoms with van der Waals surface area (Å²) >= 11 is 3.48. The van der Waals surface area contributed by atoms with Gasteiger partial charge in [-0.05, 0) is 38.0 Å². The van der Waals surface area contributed by atoms with E-state index in [9.17, 15) is 0 Å². The first-order valence-electron chi connectivity index (χ1n) is 5.32. The Hall–Kier alpha value is -0.540. The van der Waals surface area contributed by atoms with Gasteiger partial charge in [0.15, 0.2) is 0 Å². The van der Waals surface area contributed by atoms with Crippen LogP contribution in [0.15, 0.2) is 28.7 Å². The lowest BCUT2D eigenvalue weighted by atomic mass is 10.2. The van der Waals surface area contributed by atoms with Gasteiger partial charge in [-0.3, -0.25) is 0 Å². The average molecular weight is 271 g/mol. The molecule has 1 unspecified atom stereocenters. The highest BCUT2D eigenvalue weighted by Crippen LogP contribution is 2.19. The number of rotatable bonds is 5. The van der Waals surface area contributed by atoms with Crippen LogP contribution < -0.4 is 10.6 Å². The lowest BCUT2D eigenvalue weighted by molar-refractivity contribution is 0.621. The molecule has 0 bridgehead atoms. The molecule has 0 spiro atoms. The number of nitrogens with zero attached hydrogens (tertiary/aromatic N) is 1. The molecule has 0 saturated carbocycles. The van der Waals surface area contributed by atoms with Crippen molar-refractivity contribution < 1.29 is 0 Å². The van der Waals surface area contributed by atoms with Crippen molar-refractivity contribution in [2.75, 3.05) is 18.5 Å². The highest BCUT2D eigenvalue weighted by molar-refractivity contribution is 9.10. The van der Waals surface area contributed by atoms with Crippen molar-refractivity contribution in [3.8, 4) is 0 Å². The molecule has 3 heteroatoms. The molecule has 0 fully saturated rings. The summed E-state index contributed by atoms with van der Waals surface area (Å²) in [6.45, 7) is 3.11. The Balaban J connectivity index is 2.43. The molecule has 1 atom stereocenters. The third kappa shape index (κ3) is 4.67.